The summed E-state index contributed by atoms with van der Waals surface area (Å²) in [5.74, 6) is -0.804. The zero-order chi connectivity index (χ0) is 16.5. The molecule has 0 N–H and O–H groups in total. The van der Waals surface area contributed by atoms with Gasteiger partial charge in [0.05, 0.1) is 26.4 Å². The van der Waals surface area contributed by atoms with Crippen LogP contribution in [0.1, 0.15) is 17.5 Å². The molecule has 0 radical (unpaired) electrons. The maximum Gasteiger partial charge on any atom is 0.216 e. The lowest BCUT2D eigenvalue weighted by molar-refractivity contribution is -0.307. The minimum atomic E-state index is -0.804. The monoisotopic (exact) mass is 328 g/mol. The molecule has 128 valence electrons. The maximum atomic E-state index is 5.87. The van der Waals surface area contributed by atoms with Gasteiger partial charge in [-0.15, -0.1) is 0 Å². The van der Waals surface area contributed by atoms with Crippen LogP contribution >= 0.6 is 0 Å². The molecular formula is C20H24O4. The van der Waals surface area contributed by atoms with Gasteiger partial charge in [-0.1, -0.05) is 60.7 Å². The molecule has 0 saturated carbocycles. The van der Waals surface area contributed by atoms with Crippen LogP contribution in [0.4, 0.5) is 0 Å². The molecule has 0 aliphatic carbocycles. The van der Waals surface area contributed by atoms with E-state index in [1.165, 1.54) is 0 Å². The third-order valence-corrected chi connectivity index (χ3v) is 3.89. The van der Waals surface area contributed by atoms with Gasteiger partial charge >= 0.3 is 0 Å². The maximum absolute atomic E-state index is 5.87. The van der Waals surface area contributed by atoms with Gasteiger partial charge in [0.1, 0.15) is 13.2 Å². The SMILES string of the molecule is c1ccc(COCC2(COCc3ccccc3)OCCCO2)cc1. The first-order valence-electron chi connectivity index (χ1n) is 8.38. The summed E-state index contributed by atoms with van der Waals surface area (Å²) in [4.78, 5) is 0. The molecule has 0 amide bonds. The Bertz CT molecular complexity index is 532. The summed E-state index contributed by atoms with van der Waals surface area (Å²) in [7, 11) is 0. The second-order valence-electron chi connectivity index (χ2n) is 5.92. The molecule has 2 aromatic carbocycles. The van der Waals surface area contributed by atoms with Crippen LogP contribution in [0.15, 0.2) is 60.7 Å². The molecule has 0 bridgehead atoms. The minimum Gasteiger partial charge on any atom is -0.371 e. The summed E-state index contributed by atoms with van der Waals surface area (Å²) in [5, 5.41) is 0. The average molecular weight is 328 g/mol. The van der Waals surface area contributed by atoms with Crippen LogP contribution < -0.4 is 0 Å². The summed E-state index contributed by atoms with van der Waals surface area (Å²) >= 11 is 0. The Labute approximate surface area is 143 Å². The normalized spacial score (nSPS) is 16.8. The Hall–Kier alpha value is -1.72. The Morgan fingerprint density at radius 2 is 1.17 bits per heavy atom. The molecule has 1 aliphatic heterocycles. The van der Waals surface area contributed by atoms with Crippen molar-refractivity contribution < 1.29 is 18.9 Å². The predicted molar refractivity (Wildman–Crippen MR) is 91.4 cm³/mol. The van der Waals surface area contributed by atoms with Crippen LogP contribution in [0.5, 0.6) is 0 Å². The molecule has 2 aromatic rings. The van der Waals surface area contributed by atoms with Crippen molar-refractivity contribution >= 4 is 0 Å². The molecule has 0 aromatic heterocycles. The van der Waals surface area contributed by atoms with E-state index in [1.54, 1.807) is 0 Å². The van der Waals surface area contributed by atoms with Crippen LogP contribution in [0.3, 0.4) is 0 Å². The molecule has 3 rings (SSSR count). The zero-order valence-corrected chi connectivity index (χ0v) is 13.9. The van der Waals surface area contributed by atoms with Crippen LogP contribution in [0, 0.1) is 0 Å². The van der Waals surface area contributed by atoms with E-state index in [0.29, 0.717) is 39.6 Å². The summed E-state index contributed by atoms with van der Waals surface area (Å²) in [6.07, 6.45) is 0.902. The number of benzene rings is 2. The van der Waals surface area contributed by atoms with Crippen molar-refractivity contribution in [2.75, 3.05) is 26.4 Å². The van der Waals surface area contributed by atoms with Gasteiger partial charge < -0.3 is 18.9 Å². The second-order valence-corrected chi connectivity index (χ2v) is 5.92. The molecule has 1 aliphatic rings. The first-order chi connectivity index (χ1) is 11.9. The molecular weight excluding hydrogens is 304 g/mol. The number of rotatable bonds is 8. The fourth-order valence-corrected chi connectivity index (χ4v) is 2.62. The quantitative estimate of drug-likeness (QED) is 0.742. The van der Waals surface area contributed by atoms with E-state index in [0.717, 1.165) is 17.5 Å². The van der Waals surface area contributed by atoms with Gasteiger partial charge in [0.25, 0.3) is 0 Å². The molecule has 0 spiro atoms. The Morgan fingerprint density at radius 1 is 0.708 bits per heavy atom. The molecule has 0 atom stereocenters. The lowest BCUT2D eigenvalue weighted by Crippen LogP contribution is -2.48. The van der Waals surface area contributed by atoms with Crippen LogP contribution in [-0.4, -0.2) is 32.2 Å². The minimum absolute atomic E-state index is 0.358. The lowest BCUT2D eigenvalue weighted by atomic mass is 10.2. The van der Waals surface area contributed by atoms with Crippen LogP contribution in [-0.2, 0) is 32.2 Å². The largest absolute Gasteiger partial charge is 0.371 e. The van der Waals surface area contributed by atoms with Crippen LogP contribution in [0.2, 0.25) is 0 Å². The van der Waals surface area contributed by atoms with Crippen molar-refractivity contribution in [1.82, 2.24) is 0 Å². The van der Waals surface area contributed by atoms with Gasteiger partial charge in [0.15, 0.2) is 0 Å². The van der Waals surface area contributed by atoms with E-state index in [9.17, 15) is 0 Å². The van der Waals surface area contributed by atoms with E-state index in [4.69, 9.17) is 18.9 Å². The Morgan fingerprint density at radius 3 is 1.62 bits per heavy atom. The Balaban J connectivity index is 1.50. The molecule has 1 fully saturated rings. The summed E-state index contributed by atoms with van der Waals surface area (Å²) in [5.41, 5.74) is 2.27. The van der Waals surface area contributed by atoms with Crippen molar-refractivity contribution in [3.8, 4) is 0 Å². The molecule has 1 heterocycles. The number of ether oxygens (including phenoxy) is 4. The molecule has 24 heavy (non-hydrogen) atoms. The predicted octanol–water partition coefficient (Wildman–Crippen LogP) is 3.55. The summed E-state index contributed by atoms with van der Waals surface area (Å²) in [6, 6.07) is 20.2. The highest BCUT2D eigenvalue weighted by atomic mass is 16.7. The third-order valence-electron chi connectivity index (χ3n) is 3.89. The van der Waals surface area contributed by atoms with E-state index >= 15 is 0 Å². The van der Waals surface area contributed by atoms with Gasteiger partial charge in [0.2, 0.25) is 5.79 Å². The van der Waals surface area contributed by atoms with Gasteiger partial charge in [0, 0.05) is 0 Å². The summed E-state index contributed by atoms with van der Waals surface area (Å²) in [6.45, 7) is 3.13. The van der Waals surface area contributed by atoms with Gasteiger partial charge in [-0.05, 0) is 17.5 Å². The summed E-state index contributed by atoms with van der Waals surface area (Å²) < 4.78 is 23.4. The molecule has 1 saturated heterocycles. The Kier molecular flexibility index (Phi) is 6.38. The van der Waals surface area contributed by atoms with Crippen molar-refractivity contribution in [1.29, 1.82) is 0 Å². The zero-order valence-electron chi connectivity index (χ0n) is 13.9. The first-order valence-corrected chi connectivity index (χ1v) is 8.38. The smallest absolute Gasteiger partial charge is 0.216 e. The average Bonchev–Trinajstić information content (AvgIpc) is 2.64. The van der Waals surface area contributed by atoms with Crippen molar-refractivity contribution in [3.63, 3.8) is 0 Å². The fourth-order valence-electron chi connectivity index (χ4n) is 2.62. The molecule has 0 unspecified atom stereocenters. The highest BCUT2D eigenvalue weighted by Gasteiger charge is 2.35. The van der Waals surface area contributed by atoms with E-state index in [2.05, 4.69) is 0 Å². The van der Waals surface area contributed by atoms with Gasteiger partial charge in [-0.3, -0.25) is 0 Å². The molecule has 4 nitrogen and oxygen atoms in total. The van der Waals surface area contributed by atoms with E-state index in [1.807, 2.05) is 60.7 Å². The second kappa shape index (κ2) is 8.94. The highest BCUT2D eigenvalue weighted by molar-refractivity contribution is 5.14. The van der Waals surface area contributed by atoms with Crippen molar-refractivity contribution in [2.24, 2.45) is 0 Å². The fraction of sp³-hybridized carbons (Fsp3) is 0.400. The standard InChI is InChI=1S/C20H24O4/c1-3-8-18(9-4-1)14-21-16-20(23-12-7-13-24-20)17-22-15-19-10-5-2-6-11-19/h1-6,8-11H,7,12-17H2. The van der Waals surface area contributed by atoms with Crippen molar-refractivity contribution in [3.05, 3.63) is 71.8 Å². The van der Waals surface area contributed by atoms with Crippen LogP contribution in [0.25, 0.3) is 0 Å². The first kappa shape index (κ1) is 17.1. The number of hydrogen-bond acceptors (Lipinski definition) is 4. The third kappa shape index (κ3) is 5.14. The van der Waals surface area contributed by atoms with Crippen molar-refractivity contribution in [2.45, 2.75) is 25.4 Å². The van der Waals surface area contributed by atoms with Gasteiger partial charge in [-0.2, -0.15) is 0 Å². The van der Waals surface area contributed by atoms with Gasteiger partial charge in [-0.25, -0.2) is 0 Å². The molecule has 4 heteroatoms. The highest BCUT2D eigenvalue weighted by Crippen LogP contribution is 2.21. The van der Waals surface area contributed by atoms with E-state index in [-0.39, 0.29) is 0 Å². The lowest BCUT2D eigenvalue weighted by Gasteiger charge is -2.36. The van der Waals surface area contributed by atoms with E-state index < -0.39 is 5.79 Å². The number of hydrogen-bond donors (Lipinski definition) is 0. The topological polar surface area (TPSA) is 36.9 Å².